The summed E-state index contributed by atoms with van der Waals surface area (Å²) in [6, 6.07) is 0. The number of amides is 1. The standard InChI is InChI=1S/C9H14NO3P/c1-6(14-3)10-5-7(4-8(10)11)9(12)13-2/h6-7H,3-5H2,1-2H3/t6-,7+/m1/s1. The minimum absolute atomic E-state index is 0.0176. The Bertz CT molecular complexity index is 267. The van der Waals surface area contributed by atoms with Gasteiger partial charge in [-0.05, 0) is 6.92 Å². The maximum Gasteiger partial charge on any atom is 0.310 e. The van der Waals surface area contributed by atoms with Crippen LogP contribution in [0.5, 0.6) is 0 Å². The molecule has 1 heterocycles. The summed E-state index contributed by atoms with van der Waals surface area (Å²) in [5.41, 5.74) is 0. The number of rotatable bonds is 3. The van der Waals surface area contributed by atoms with Gasteiger partial charge in [-0.2, -0.15) is 0 Å². The van der Waals surface area contributed by atoms with Crippen molar-refractivity contribution in [2.24, 2.45) is 5.92 Å². The summed E-state index contributed by atoms with van der Waals surface area (Å²) < 4.78 is 4.61. The third-order valence-electron chi connectivity index (χ3n) is 2.41. The maximum absolute atomic E-state index is 11.5. The summed E-state index contributed by atoms with van der Waals surface area (Å²) in [5.74, 6) is -0.494. The molecule has 0 N–H and O–H groups in total. The van der Waals surface area contributed by atoms with Crippen molar-refractivity contribution in [2.45, 2.75) is 19.1 Å². The fourth-order valence-electron chi connectivity index (χ4n) is 1.52. The highest BCUT2D eigenvalue weighted by atomic mass is 31.1. The van der Waals surface area contributed by atoms with Crippen LogP contribution in [-0.2, 0) is 14.3 Å². The monoisotopic (exact) mass is 215 g/mol. The Morgan fingerprint density at radius 2 is 2.43 bits per heavy atom. The average Bonchev–Trinajstić information content (AvgIpc) is 2.58. The topological polar surface area (TPSA) is 46.6 Å². The van der Waals surface area contributed by atoms with Crippen molar-refractivity contribution in [3.63, 3.8) is 0 Å². The SMILES string of the molecule is C=P[C@H](C)N1C[C@@H](C(=O)OC)CC1=O. The molecule has 5 heteroatoms. The molecular weight excluding hydrogens is 201 g/mol. The molecule has 0 spiro atoms. The number of likely N-dealkylation sites (tertiary alicyclic amines) is 1. The minimum Gasteiger partial charge on any atom is -0.469 e. The number of carbonyl (C=O) groups excluding carboxylic acids is 2. The molecule has 1 amide bonds. The second-order valence-electron chi connectivity index (χ2n) is 3.28. The van der Waals surface area contributed by atoms with E-state index in [-0.39, 0.29) is 30.0 Å². The largest absolute Gasteiger partial charge is 0.469 e. The summed E-state index contributed by atoms with van der Waals surface area (Å²) in [6.45, 7) is 2.39. The molecular formula is C9H14NO3P. The Morgan fingerprint density at radius 1 is 1.79 bits per heavy atom. The molecule has 0 radical (unpaired) electrons. The number of esters is 1. The lowest BCUT2D eigenvalue weighted by atomic mass is 10.1. The zero-order valence-corrected chi connectivity index (χ0v) is 9.29. The van der Waals surface area contributed by atoms with Gasteiger partial charge in [0, 0.05) is 13.0 Å². The van der Waals surface area contributed by atoms with Crippen molar-refractivity contribution < 1.29 is 14.3 Å². The summed E-state index contributed by atoms with van der Waals surface area (Å²) in [5, 5.41) is 0. The first kappa shape index (κ1) is 11.2. The predicted molar refractivity (Wildman–Crippen MR) is 55.3 cm³/mol. The van der Waals surface area contributed by atoms with E-state index < -0.39 is 0 Å². The zero-order chi connectivity index (χ0) is 10.7. The molecule has 1 saturated heterocycles. The van der Waals surface area contributed by atoms with Gasteiger partial charge in [-0.1, -0.05) is 14.5 Å². The van der Waals surface area contributed by atoms with Crippen molar-refractivity contribution in [3.05, 3.63) is 0 Å². The number of methoxy groups -OCH3 is 1. The molecule has 0 aromatic rings. The third-order valence-corrected chi connectivity index (χ3v) is 3.22. The molecule has 0 aliphatic carbocycles. The van der Waals surface area contributed by atoms with Gasteiger partial charge in [0.15, 0.2) is 0 Å². The van der Waals surface area contributed by atoms with Gasteiger partial charge in [-0.3, -0.25) is 9.59 Å². The fraction of sp³-hybridized carbons (Fsp3) is 0.667. The molecule has 2 atom stereocenters. The minimum atomic E-state index is -0.297. The Morgan fingerprint density at radius 3 is 2.93 bits per heavy atom. The van der Waals surface area contributed by atoms with Gasteiger partial charge in [0.05, 0.1) is 18.8 Å². The third kappa shape index (κ3) is 2.13. The van der Waals surface area contributed by atoms with Gasteiger partial charge in [-0.25, -0.2) is 0 Å². The Hall–Kier alpha value is -0.890. The first-order valence-corrected chi connectivity index (χ1v) is 5.58. The molecule has 14 heavy (non-hydrogen) atoms. The van der Waals surface area contributed by atoms with E-state index in [1.165, 1.54) is 7.11 Å². The highest BCUT2D eigenvalue weighted by Gasteiger charge is 2.36. The second-order valence-corrected chi connectivity index (χ2v) is 4.40. The molecule has 0 aromatic heterocycles. The van der Waals surface area contributed by atoms with Gasteiger partial charge in [0.1, 0.15) is 0 Å². The summed E-state index contributed by atoms with van der Waals surface area (Å²) >= 11 is 0. The molecule has 0 aromatic carbocycles. The van der Waals surface area contributed by atoms with Crippen LogP contribution >= 0.6 is 8.20 Å². The molecule has 1 aliphatic rings. The second kappa shape index (κ2) is 4.56. The van der Waals surface area contributed by atoms with Crippen molar-refractivity contribution in [1.82, 2.24) is 4.90 Å². The lowest BCUT2D eigenvalue weighted by Crippen LogP contribution is -2.31. The van der Waals surface area contributed by atoms with Crippen molar-refractivity contribution in [1.29, 1.82) is 0 Å². The van der Waals surface area contributed by atoms with Gasteiger partial charge in [-0.15, -0.1) is 0 Å². The highest BCUT2D eigenvalue weighted by molar-refractivity contribution is 7.37. The molecule has 78 valence electrons. The maximum atomic E-state index is 11.5. The van der Waals surface area contributed by atoms with Crippen molar-refractivity contribution >= 4 is 26.4 Å². The van der Waals surface area contributed by atoms with E-state index in [2.05, 4.69) is 11.0 Å². The van der Waals surface area contributed by atoms with E-state index in [1.807, 2.05) is 6.92 Å². The summed E-state index contributed by atoms with van der Waals surface area (Å²) in [7, 11) is 2.24. The van der Waals surface area contributed by atoms with Crippen molar-refractivity contribution in [2.75, 3.05) is 13.7 Å². The Balaban J connectivity index is 2.64. The summed E-state index contributed by atoms with van der Waals surface area (Å²) in [4.78, 5) is 24.4. The van der Waals surface area contributed by atoms with Crippen LogP contribution < -0.4 is 0 Å². The lowest BCUT2D eigenvalue weighted by Gasteiger charge is -2.20. The van der Waals surface area contributed by atoms with Crippen LogP contribution in [0.2, 0.25) is 0 Å². The van der Waals surface area contributed by atoms with E-state index in [1.54, 1.807) is 4.90 Å². The predicted octanol–water partition coefficient (Wildman–Crippen LogP) is 0.732. The molecule has 1 fully saturated rings. The normalized spacial score (nSPS) is 24.0. The van der Waals surface area contributed by atoms with Crippen LogP contribution in [0.25, 0.3) is 0 Å². The molecule has 0 unspecified atom stereocenters. The fourth-order valence-corrected chi connectivity index (χ4v) is 1.94. The van der Waals surface area contributed by atoms with Gasteiger partial charge in [0.2, 0.25) is 5.91 Å². The molecule has 4 nitrogen and oxygen atoms in total. The van der Waals surface area contributed by atoms with Gasteiger partial charge >= 0.3 is 5.97 Å². The molecule has 0 saturated carbocycles. The Kier molecular flexibility index (Phi) is 3.64. The van der Waals surface area contributed by atoms with E-state index in [0.29, 0.717) is 6.54 Å². The van der Waals surface area contributed by atoms with Crippen LogP contribution in [0.1, 0.15) is 13.3 Å². The molecule has 1 rings (SSSR count). The molecule has 0 bridgehead atoms. The van der Waals surface area contributed by atoms with Gasteiger partial charge < -0.3 is 9.64 Å². The number of hydrogen-bond acceptors (Lipinski definition) is 3. The van der Waals surface area contributed by atoms with Crippen LogP contribution in [0.4, 0.5) is 0 Å². The number of nitrogens with zero attached hydrogens (tertiary/aromatic N) is 1. The van der Waals surface area contributed by atoms with Crippen LogP contribution in [-0.4, -0.2) is 42.5 Å². The Labute approximate surface area is 85.0 Å². The highest BCUT2D eigenvalue weighted by Crippen LogP contribution is 2.24. The number of ether oxygens (including phenoxy) is 1. The van der Waals surface area contributed by atoms with Crippen LogP contribution in [0.3, 0.4) is 0 Å². The van der Waals surface area contributed by atoms with E-state index >= 15 is 0 Å². The van der Waals surface area contributed by atoms with Gasteiger partial charge in [0.25, 0.3) is 0 Å². The quantitative estimate of drug-likeness (QED) is 0.515. The smallest absolute Gasteiger partial charge is 0.310 e. The number of carbonyl (C=O) groups is 2. The van der Waals surface area contributed by atoms with E-state index in [0.717, 1.165) is 8.20 Å². The zero-order valence-electron chi connectivity index (χ0n) is 8.40. The first-order chi connectivity index (χ1) is 6.60. The lowest BCUT2D eigenvalue weighted by molar-refractivity contribution is -0.145. The van der Waals surface area contributed by atoms with Crippen LogP contribution in [0, 0.1) is 5.92 Å². The van der Waals surface area contributed by atoms with Crippen molar-refractivity contribution in [3.8, 4) is 0 Å². The average molecular weight is 215 g/mol. The van der Waals surface area contributed by atoms with E-state index in [9.17, 15) is 9.59 Å². The first-order valence-electron chi connectivity index (χ1n) is 4.43. The van der Waals surface area contributed by atoms with Crippen LogP contribution in [0.15, 0.2) is 0 Å². The van der Waals surface area contributed by atoms with E-state index in [4.69, 9.17) is 0 Å². The number of hydrogen-bond donors (Lipinski definition) is 0. The molecule has 1 aliphatic heterocycles. The summed E-state index contributed by atoms with van der Waals surface area (Å²) in [6.07, 6.45) is 3.99.